The molecule has 98 valence electrons. The van der Waals surface area contributed by atoms with Gasteiger partial charge in [0.2, 0.25) is 0 Å². The molecule has 3 nitrogen and oxygen atoms in total. The Bertz CT molecular complexity index is 372. The van der Waals surface area contributed by atoms with Gasteiger partial charge in [0, 0.05) is 6.04 Å². The van der Waals surface area contributed by atoms with Gasteiger partial charge in [-0.2, -0.15) is 0 Å². The lowest BCUT2D eigenvalue weighted by Gasteiger charge is -2.35. The van der Waals surface area contributed by atoms with Crippen molar-refractivity contribution in [3.63, 3.8) is 0 Å². The predicted octanol–water partition coefficient (Wildman–Crippen LogP) is 1.16. The number of hydrogen-bond donors (Lipinski definition) is 2. The van der Waals surface area contributed by atoms with Crippen molar-refractivity contribution >= 4 is 12.6 Å². The molecule has 1 aromatic rings. The summed E-state index contributed by atoms with van der Waals surface area (Å²) in [6.07, 6.45) is 2.55. The van der Waals surface area contributed by atoms with Gasteiger partial charge in [0.05, 0.1) is 0 Å². The van der Waals surface area contributed by atoms with E-state index in [1.165, 1.54) is 18.4 Å². The molecule has 2 N–H and O–H groups in total. The van der Waals surface area contributed by atoms with Crippen molar-refractivity contribution in [1.29, 1.82) is 0 Å². The lowest BCUT2D eigenvalue weighted by molar-refractivity contribution is 0.147. The van der Waals surface area contributed by atoms with Crippen molar-refractivity contribution in [2.75, 3.05) is 13.1 Å². The van der Waals surface area contributed by atoms with E-state index in [9.17, 15) is 0 Å². The summed E-state index contributed by atoms with van der Waals surface area (Å²) in [7, 11) is -1.37. The Kier molecular flexibility index (Phi) is 4.43. The van der Waals surface area contributed by atoms with Crippen LogP contribution in [-0.2, 0) is 0 Å². The maximum Gasteiger partial charge on any atom is 0.488 e. The molecule has 1 saturated heterocycles. The van der Waals surface area contributed by atoms with Crippen LogP contribution in [0.25, 0.3) is 0 Å². The Morgan fingerprint density at radius 3 is 2.22 bits per heavy atom. The SMILES string of the molecule is CC1CCN([C@H](C)c2ccc(B(O)O)cc2)CC1. The zero-order valence-corrected chi connectivity index (χ0v) is 11.2. The van der Waals surface area contributed by atoms with E-state index >= 15 is 0 Å². The van der Waals surface area contributed by atoms with Crippen molar-refractivity contribution in [2.24, 2.45) is 5.92 Å². The van der Waals surface area contributed by atoms with Gasteiger partial charge in [-0.05, 0) is 49.8 Å². The van der Waals surface area contributed by atoms with Crippen LogP contribution in [-0.4, -0.2) is 35.2 Å². The molecule has 1 aliphatic rings. The summed E-state index contributed by atoms with van der Waals surface area (Å²) >= 11 is 0. The highest BCUT2D eigenvalue weighted by molar-refractivity contribution is 6.58. The molecule has 2 rings (SSSR count). The molecule has 0 aromatic heterocycles. The first-order valence-corrected chi connectivity index (χ1v) is 6.78. The van der Waals surface area contributed by atoms with E-state index < -0.39 is 7.12 Å². The molecule has 0 amide bonds. The maximum atomic E-state index is 9.08. The smallest absolute Gasteiger partial charge is 0.423 e. The summed E-state index contributed by atoms with van der Waals surface area (Å²) in [5.41, 5.74) is 1.80. The van der Waals surface area contributed by atoms with E-state index in [1.54, 1.807) is 12.1 Å². The lowest BCUT2D eigenvalue weighted by atomic mass is 9.80. The van der Waals surface area contributed by atoms with Crippen LogP contribution in [0.4, 0.5) is 0 Å². The second-order valence-electron chi connectivity index (χ2n) is 5.43. The standard InChI is InChI=1S/C14H22BNO2/c1-11-7-9-16(10-8-11)12(2)13-3-5-14(6-4-13)15(17)18/h3-6,11-12,17-18H,7-10H2,1-2H3/t12-/m1/s1. The highest BCUT2D eigenvalue weighted by Crippen LogP contribution is 2.25. The molecule has 18 heavy (non-hydrogen) atoms. The van der Waals surface area contributed by atoms with Gasteiger partial charge >= 0.3 is 7.12 Å². The first-order chi connectivity index (χ1) is 8.58. The van der Waals surface area contributed by atoms with Crippen LogP contribution < -0.4 is 5.46 Å². The fraction of sp³-hybridized carbons (Fsp3) is 0.571. The molecule has 0 unspecified atom stereocenters. The molecule has 1 aliphatic heterocycles. The summed E-state index contributed by atoms with van der Waals surface area (Å²) in [4.78, 5) is 2.50. The molecule has 0 aliphatic carbocycles. The number of nitrogens with zero attached hydrogens (tertiary/aromatic N) is 1. The van der Waals surface area contributed by atoms with E-state index in [0.29, 0.717) is 11.5 Å². The highest BCUT2D eigenvalue weighted by Gasteiger charge is 2.21. The van der Waals surface area contributed by atoms with E-state index in [4.69, 9.17) is 10.0 Å². The molecule has 0 spiro atoms. The van der Waals surface area contributed by atoms with E-state index in [-0.39, 0.29) is 0 Å². The zero-order valence-electron chi connectivity index (χ0n) is 11.2. The van der Waals surface area contributed by atoms with Crippen molar-refractivity contribution in [3.05, 3.63) is 29.8 Å². The molecule has 1 heterocycles. The Hall–Kier alpha value is -0.835. The normalized spacial score (nSPS) is 19.8. The van der Waals surface area contributed by atoms with E-state index in [0.717, 1.165) is 19.0 Å². The van der Waals surface area contributed by atoms with Gasteiger partial charge in [0.15, 0.2) is 0 Å². The number of piperidine rings is 1. The van der Waals surface area contributed by atoms with Crippen LogP contribution in [0.2, 0.25) is 0 Å². The lowest BCUT2D eigenvalue weighted by Crippen LogP contribution is -2.35. The third kappa shape index (κ3) is 3.13. The fourth-order valence-corrected chi connectivity index (χ4v) is 2.57. The Balaban J connectivity index is 2.02. The molecular formula is C14H22BNO2. The van der Waals surface area contributed by atoms with Crippen molar-refractivity contribution < 1.29 is 10.0 Å². The van der Waals surface area contributed by atoms with Gasteiger partial charge in [-0.15, -0.1) is 0 Å². The second kappa shape index (κ2) is 5.87. The zero-order chi connectivity index (χ0) is 13.1. The minimum absolute atomic E-state index is 0.405. The molecule has 0 bridgehead atoms. The molecule has 1 fully saturated rings. The quantitative estimate of drug-likeness (QED) is 0.788. The summed E-state index contributed by atoms with van der Waals surface area (Å²) in [6, 6.07) is 7.99. The molecule has 0 saturated carbocycles. The van der Waals surface area contributed by atoms with Gasteiger partial charge in [0.1, 0.15) is 0 Å². The Morgan fingerprint density at radius 2 is 1.72 bits per heavy atom. The van der Waals surface area contributed by atoms with Crippen LogP contribution in [0.3, 0.4) is 0 Å². The highest BCUT2D eigenvalue weighted by atomic mass is 16.4. The number of likely N-dealkylation sites (tertiary alicyclic amines) is 1. The van der Waals surface area contributed by atoms with Crippen LogP contribution >= 0.6 is 0 Å². The van der Waals surface area contributed by atoms with Crippen LogP contribution in [0.15, 0.2) is 24.3 Å². The van der Waals surface area contributed by atoms with Crippen LogP contribution in [0.5, 0.6) is 0 Å². The summed E-state index contributed by atoms with van der Waals surface area (Å²) in [5, 5.41) is 18.2. The van der Waals surface area contributed by atoms with Crippen molar-refractivity contribution in [3.8, 4) is 0 Å². The van der Waals surface area contributed by atoms with Gasteiger partial charge < -0.3 is 10.0 Å². The third-order valence-corrected chi connectivity index (χ3v) is 4.08. The average Bonchev–Trinajstić information content (AvgIpc) is 2.39. The number of hydrogen-bond acceptors (Lipinski definition) is 3. The predicted molar refractivity (Wildman–Crippen MR) is 74.7 cm³/mol. The minimum Gasteiger partial charge on any atom is -0.423 e. The van der Waals surface area contributed by atoms with Gasteiger partial charge in [0.25, 0.3) is 0 Å². The molecule has 1 atom stereocenters. The first kappa shape index (κ1) is 13.6. The monoisotopic (exact) mass is 247 g/mol. The van der Waals surface area contributed by atoms with Crippen LogP contribution in [0, 0.1) is 5.92 Å². The number of benzene rings is 1. The summed E-state index contributed by atoms with van der Waals surface area (Å²) < 4.78 is 0. The van der Waals surface area contributed by atoms with Gasteiger partial charge in [-0.25, -0.2) is 0 Å². The summed E-state index contributed by atoms with van der Waals surface area (Å²) in [5.74, 6) is 0.848. The number of rotatable bonds is 3. The average molecular weight is 247 g/mol. The minimum atomic E-state index is -1.37. The van der Waals surface area contributed by atoms with Crippen LogP contribution in [0.1, 0.15) is 38.3 Å². The van der Waals surface area contributed by atoms with Crippen molar-refractivity contribution in [1.82, 2.24) is 4.90 Å². The second-order valence-corrected chi connectivity index (χ2v) is 5.43. The first-order valence-electron chi connectivity index (χ1n) is 6.78. The third-order valence-electron chi connectivity index (χ3n) is 4.08. The molecule has 0 radical (unpaired) electrons. The Labute approximate surface area is 110 Å². The van der Waals surface area contributed by atoms with E-state index in [2.05, 4.69) is 18.7 Å². The van der Waals surface area contributed by atoms with Gasteiger partial charge in [-0.3, -0.25) is 4.90 Å². The topological polar surface area (TPSA) is 43.7 Å². The fourth-order valence-electron chi connectivity index (χ4n) is 2.57. The van der Waals surface area contributed by atoms with E-state index in [1.807, 2.05) is 12.1 Å². The Morgan fingerprint density at radius 1 is 1.17 bits per heavy atom. The van der Waals surface area contributed by atoms with Crippen molar-refractivity contribution in [2.45, 2.75) is 32.7 Å². The molecular weight excluding hydrogens is 225 g/mol. The summed E-state index contributed by atoms with van der Waals surface area (Å²) in [6.45, 7) is 6.86. The molecule has 1 aromatic carbocycles. The molecule has 4 heteroatoms. The maximum absolute atomic E-state index is 9.08. The largest absolute Gasteiger partial charge is 0.488 e. The van der Waals surface area contributed by atoms with Gasteiger partial charge in [-0.1, -0.05) is 31.2 Å².